The molecule has 0 fully saturated rings. The third kappa shape index (κ3) is 6.90. The largest absolute Gasteiger partial charge is 0.316 e. The molecule has 0 amide bonds. The lowest BCUT2D eigenvalue weighted by Crippen LogP contribution is -2.25. The molecule has 0 aromatic heterocycles. The zero-order chi connectivity index (χ0) is 15.0. The van der Waals surface area contributed by atoms with Crippen molar-refractivity contribution in [3.05, 3.63) is 34.3 Å². The summed E-state index contributed by atoms with van der Waals surface area (Å²) >= 11 is 3.71. The first-order valence-corrected chi connectivity index (χ1v) is 8.75. The first-order chi connectivity index (χ1) is 9.50. The lowest BCUT2D eigenvalue weighted by molar-refractivity contribution is 0.463. The van der Waals surface area contributed by atoms with Gasteiger partial charge in [0, 0.05) is 11.0 Å². The van der Waals surface area contributed by atoms with Gasteiger partial charge in [0.15, 0.2) is 0 Å². The molecule has 1 nitrogen and oxygen atoms in total. The van der Waals surface area contributed by atoms with Crippen LogP contribution in [0.2, 0.25) is 0 Å². The van der Waals surface area contributed by atoms with Crippen molar-refractivity contribution >= 4 is 15.9 Å². The second-order valence-corrected chi connectivity index (χ2v) is 7.45. The maximum atomic E-state index is 3.71. The maximum absolute atomic E-state index is 3.71. The van der Waals surface area contributed by atoms with Crippen LogP contribution in [0.15, 0.2) is 28.7 Å². The van der Waals surface area contributed by atoms with E-state index in [0.717, 1.165) is 19.0 Å². The highest BCUT2D eigenvalue weighted by Gasteiger charge is 2.14. The fraction of sp³-hybridized carbons (Fsp3) is 0.667. The van der Waals surface area contributed by atoms with Crippen molar-refractivity contribution in [2.24, 2.45) is 11.8 Å². The van der Waals surface area contributed by atoms with E-state index < -0.39 is 0 Å². The number of nitrogens with one attached hydrogen (secondary N) is 1. The normalized spacial score (nSPS) is 13.2. The van der Waals surface area contributed by atoms with Gasteiger partial charge in [-0.2, -0.15) is 0 Å². The molecule has 0 heterocycles. The number of hydrogen-bond donors (Lipinski definition) is 1. The molecule has 2 heteroatoms. The molecule has 1 atom stereocenters. The third-order valence-electron chi connectivity index (χ3n) is 3.62. The first-order valence-electron chi connectivity index (χ1n) is 7.95. The lowest BCUT2D eigenvalue weighted by Gasteiger charge is -2.20. The van der Waals surface area contributed by atoms with E-state index in [0.29, 0.717) is 11.8 Å². The molecule has 0 bridgehead atoms. The second kappa shape index (κ2) is 9.57. The first kappa shape index (κ1) is 17.7. The number of halogens is 1. The van der Waals surface area contributed by atoms with Crippen LogP contribution in [0.1, 0.15) is 58.4 Å². The molecule has 0 radical (unpaired) electrons. The predicted molar refractivity (Wildman–Crippen MR) is 93.3 cm³/mol. The van der Waals surface area contributed by atoms with E-state index in [4.69, 9.17) is 0 Å². The van der Waals surface area contributed by atoms with E-state index in [1.807, 2.05) is 0 Å². The van der Waals surface area contributed by atoms with Crippen LogP contribution >= 0.6 is 15.9 Å². The summed E-state index contributed by atoms with van der Waals surface area (Å²) in [4.78, 5) is 0. The van der Waals surface area contributed by atoms with E-state index >= 15 is 0 Å². The summed E-state index contributed by atoms with van der Waals surface area (Å²) in [5.41, 5.74) is 1.45. The van der Waals surface area contributed by atoms with Crippen LogP contribution in [0.25, 0.3) is 0 Å². The average molecular weight is 340 g/mol. The second-order valence-electron chi connectivity index (χ2n) is 6.60. The van der Waals surface area contributed by atoms with E-state index in [2.05, 4.69) is 73.2 Å². The fourth-order valence-corrected chi connectivity index (χ4v) is 3.10. The van der Waals surface area contributed by atoms with Gasteiger partial charge in [0.2, 0.25) is 0 Å². The smallest absolute Gasteiger partial charge is 0.0210 e. The number of benzene rings is 1. The third-order valence-corrected chi connectivity index (χ3v) is 4.34. The van der Waals surface area contributed by atoms with Gasteiger partial charge < -0.3 is 5.32 Å². The molecule has 1 N–H and O–H groups in total. The van der Waals surface area contributed by atoms with Gasteiger partial charge in [-0.15, -0.1) is 0 Å². The lowest BCUT2D eigenvalue weighted by atomic mass is 9.91. The average Bonchev–Trinajstić information content (AvgIpc) is 2.37. The minimum atomic E-state index is 0.614. The van der Waals surface area contributed by atoms with Crippen molar-refractivity contribution in [3.8, 4) is 0 Å². The van der Waals surface area contributed by atoms with Gasteiger partial charge in [-0.05, 0) is 42.3 Å². The van der Waals surface area contributed by atoms with Gasteiger partial charge in [0.05, 0.1) is 0 Å². The standard InChI is InChI=1S/C18H30BrN/c1-14(2)8-7-9-16(13-20-12-15(3)4)17-10-5-6-11-18(17)19/h5-6,10-11,14-16,20H,7-9,12-13H2,1-4H3. The molecular formula is C18H30BrN. The monoisotopic (exact) mass is 339 g/mol. The predicted octanol–water partition coefficient (Wildman–Crippen LogP) is 5.60. The summed E-state index contributed by atoms with van der Waals surface area (Å²) in [6, 6.07) is 8.67. The Kier molecular flexibility index (Phi) is 8.47. The number of hydrogen-bond acceptors (Lipinski definition) is 1. The molecule has 0 saturated heterocycles. The molecule has 1 aromatic rings. The molecule has 0 aliphatic heterocycles. The Labute approximate surface area is 133 Å². The van der Waals surface area contributed by atoms with Crippen molar-refractivity contribution in [1.82, 2.24) is 5.32 Å². The van der Waals surface area contributed by atoms with Gasteiger partial charge in [-0.3, -0.25) is 0 Å². The highest BCUT2D eigenvalue weighted by Crippen LogP contribution is 2.29. The van der Waals surface area contributed by atoms with Gasteiger partial charge >= 0.3 is 0 Å². The van der Waals surface area contributed by atoms with Gasteiger partial charge in [-0.25, -0.2) is 0 Å². The maximum Gasteiger partial charge on any atom is 0.0210 e. The Morgan fingerprint density at radius 2 is 1.65 bits per heavy atom. The van der Waals surface area contributed by atoms with E-state index in [-0.39, 0.29) is 0 Å². The molecule has 1 rings (SSSR count). The van der Waals surface area contributed by atoms with Crippen LogP contribution < -0.4 is 5.32 Å². The summed E-state index contributed by atoms with van der Waals surface area (Å²) in [5.74, 6) is 2.13. The van der Waals surface area contributed by atoms with Crippen molar-refractivity contribution in [2.45, 2.75) is 52.9 Å². The van der Waals surface area contributed by atoms with Crippen LogP contribution in [0.3, 0.4) is 0 Å². The van der Waals surface area contributed by atoms with Crippen molar-refractivity contribution in [3.63, 3.8) is 0 Å². The Bertz CT molecular complexity index is 359. The van der Waals surface area contributed by atoms with Crippen molar-refractivity contribution < 1.29 is 0 Å². The number of rotatable bonds is 9. The molecule has 0 saturated carbocycles. The Morgan fingerprint density at radius 1 is 0.950 bits per heavy atom. The van der Waals surface area contributed by atoms with Crippen molar-refractivity contribution in [1.29, 1.82) is 0 Å². The Balaban J connectivity index is 2.61. The molecule has 20 heavy (non-hydrogen) atoms. The molecule has 0 spiro atoms. The van der Waals surface area contributed by atoms with Crippen molar-refractivity contribution in [2.75, 3.05) is 13.1 Å². The summed E-state index contributed by atoms with van der Waals surface area (Å²) in [6.07, 6.45) is 3.91. The quantitative estimate of drug-likeness (QED) is 0.616. The zero-order valence-corrected chi connectivity index (χ0v) is 15.0. The zero-order valence-electron chi connectivity index (χ0n) is 13.5. The highest BCUT2D eigenvalue weighted by atomic mass is 79.9. The Morgan fingerprint density at radius 3 is 2.25 bits per heavy atom. The van der Waals surface area contributed by atoms with Crippen LogP contribution in [-0.2, 0) is 0 Å². The van der Waals surface area contributed by atoms with Crippen LogP contribution in [0.4, 0.5) is 0 Å². The highest BCUT2D eigenvalue weighted by molar-refractivity contribution is 9.10. The summed E-state index contributed by atoms with van der Waals surface area (Å²) in [6.45, 7) is 11.3. The van der Waals surface area contributed by atoms with Gasteiger partial charge in [0.1, 0.15) is 0 Å². The minimum absolute atomic E-state index is 0.614. The van der Waals surface area contributed by atoms with Gasteiger partial charge in [0.25, 0.3) is 0 Å². The van der Waals surface area contributed by atoms with Crippen LogP contribution in [-0.4, -0.2) is 13.1 Å². The van der Waals surface area contributed by atoms with Crippen LogP contribution in [0.5, 0.6) is 0 Å². The fourth-order valence-electron chi connectivity index (χ4n) is 2.49. The van der Waals surface area contributed by atoms with E-state index in [1.165, 1.54) is 29.3 Å². The van der Waals surface area contributed by atoms with Gasteiger partial charge in [-0.1, -0.05) is 74.7 Å². The van der Waals surface area contributed by atoms with Crippen LogP contribution in [0, 0.1) is 11.8 Å². The summed E-state index contributed by atoms with van der Waals surface area (Å²) in [7, 11) is 0. The molecule has 0 aliphatic rings. The Hall–Kier alpha value is -0.340. The summed E-state index contributed by atoms with van der Waals surface area (Å²) in [5, 5.41) is 3.63. The summed E-state index contributed by atoms with van der Waals surface area (Å²) < 4.78 is 1.25. The molecule has 114 valence electrons. The molecular weight excluding hydrogens is 310 g/mol. The SMILES string of the molecule is CC(C)CCCC(CNCC(C)C)c1ccccc1Br. The van der Waals surface area contributed by atoms with E-state index in [9.17, 15) is 0 Å². The minimum Gasteiger partial charge on any atom is -0.316 e. The molecule has 1 aromatic carbocycles. The molecule has 0 aliphatic carbocycles. The molecule has 1 unspecified atom stereocenters. The topological polar surface area (TPSA) is 12.0 Å². The van der Waals surface area contributed by atoms with E-state index in [1.54, 1.807) is 0 Å².